The maximum absolute atomic E-state index is 13.5. The van der Waals surface area contributed by atoms with Gasteiger partial charge in [-0.3, -0.25) is 0 Å². The number of hydrogen-bond acceptors (Lipinski definition) is 3. The molecule has 1 aliphatic heterocycles. The molecule has 1 fully saturated rings. The van der Waals surface area contributed by atoms with E-state index in [-0.39, 0.29) is 4.90 Å². The minimum atomic E-state index is -3.71. The van der Waals surface area contributed by atoms with Crippen LogP contribution in [0.5, 0.6) is 0 Å². The van der Waals surface area contributed by atoms with E-state index >= 15 is 0 Å². The largest absolute Gasteiger partial charge is 0.388 e. The van der Waals surface area contributed by atoms with Crippen LogP contribution in [-0.2, 0) is 9.84 Å². The van der Waals surface area contributed by atoms with E-state index in [0.29, 0.717) is 12.1 Å². The Morgan fingerprint density at radius 3 is 2.72 bits per heavy atom. The van der Waals surface area contributed by atoms with Gasteiger partial charge in [0.25, 0.3) is 0 Å². The van der Waals surface area contributed by atoms with E-state index < -0.39 is 15.7 Å². The average Bonchev–Trinajstić information content (AvgIpc) is 2.57. The topological polar surface area (TPSA) is 46.2 Å². The third kappa shape index (κ3) is 3.10. The highest BCUT2D eigenvalue weighted by atomic mass is 32.2. The molecule has 1 aromatic rings. The molecule has 0 unspecified atom stereocenters. The summed E-state index contributed by atoms with van der Waals surface area (Å²) in [5, 5.41) is 4.25. The van der Waals surface area contributed by atoms with E-state index in [2.05, 4.69) is 5.32 Å². The second-order valence-electron chi connectivity index (χ2n) is 4.36. The van der Waals surface area contributed by atoms with Crippen molar-refractivity contribution in [1.82, 2.24) is 5.32 Å². The fourth-order valence-electron chi connectivity index (χ4n) is 1.98. The zero-order valence-corrected chi connectivity index (χ0v) is 10.8. The maximum atomic E-state index is 13.5. The predicted octanol–water partition coefficient (Wildman–Crippen LogP) is 2.60. The van der Waals surface area contributed by atoms with Gasteiger partial charge >= 0.3 is 0 Å². The van der Waals surface area contributed by atoms with Crippen molar-refractivity contribution in [3.05, 3.63) is 41.2 Å². The van der Waals surface area contributed by atoms with Crippen molar-refractivity contribution in [2.24, 2.45) is 0 Å². The van der Waals surface area contributed by atoms with Crippen LogP contribution in [0.15, 0.2) is 40.3 Å². The molecule has 1 saturated heterocycles. The van der Waals surface area contributed by atoms with Gasteiger partial charge in [0.05, 0.1) is 5.41 Å². The molecule has 0 spiro atoms. The average molecular weight is 269 g/mol. The van der Waals surface area contributed by atoms with Crippen molar-refractivity contribution in [3.63, 3.8) is 0 Å². The summed E-state index contributed by atoms with van der Waals surface area (Å²) < 4.78 is 37.6. The van der Waals surface area contributed by atoms with Crippen molar-refractivity contribution in [2.75, 3.05) is 6.54 Å². The molecule has 98 valence electrons. The molecular weight excluding hydrogens is 253 g/mol. The van der Waals surface area contributed by atoms with Crippen LogP contribution < -0.4 is 5.32 Å². The first-order valence-electron chi connectivity index (χ1n) is 6.04. The highest BCUT2D eigenvalue weighted by Crippen LogP contribution is 2.19. The van der Waals surface area contributed by atoms with Gasteiger partial charge in [-0.2, -0.15) is 0 Å². The summed E-state index contributed by atoms with van der Waals surface area (Å²) in [4.78, 5) is -0.261. The molecule has 3 nitrogen and oxygen atoms in total. The third-order valence-electron chi connectivity index (χ3n) is 2.92. The molecular formula is C13H16FNO2S. The highest BCUT2D eigenvalue weighted by Gasteiger charge is 2.17. The SMILES string of the molecule is O=S(=O)(/C=C1/CCCCCN1)c1ccccc1F. The lowest BCUT2D eigenvalue weighted by molar-refractivity contribution is 0.572. The normalized spacial score (nSPS) is 19.3. The van der Waals surface area contributed by atoms with Gasteiger partial charge in [0.15, 0.2) is 0 Å². The number of allylic oxidation sites excluding steroid dienone is 1. The van der Waals surface area contributed by atoms with Crippen molar-refractivity contribution >= 4 is 9.84 Å². The smallest absolute Gasteiger partial charge is 0.204 e. The molecule has 2 rings (SSSR count). The summed E-state index contributed by atoms with van der Waals surface area (Å²) in [5.41, 5.74) is 0.677. The monoisotopic (exact) mass is 269 g/mol. The molecule has 0 atom stereocenters. The third-order valence-corrected chi connectivity index (χ3v) is 4.45. The number of nitrogens with one attached hydrogen (secondary N) is 1. The lowest BCUT2D eigenvalue weighted by Crippen LogP contribution is -2.14. The van der Waals surface area contributed by atoms with Gasteiger partial charge in [0.1, 0.15) is 10.7 Å². The minimum absolute atomic E-state index is 0.261. The van der Waals surface area contributed by atoms with Crippen molar-refractivity contribution in [3.8, 4) is 0 Å². The molecule has 1 aliphatic rings. The summed E-state index contributed by atoms with van der Waals surface area (Å²) in [6.45, 7) is 0.776. The second kappa shape index (κ2) is 5.52. The van der Waals surface area contributed by atoms with Gasteiger partial charge < -0.3 is 5.32 Å². The first-order chi connectivity index (χ1) is 8.59. The van der Waals surface area contributed by atoms with E-state index in [1.165, 1.54) is 18.2 Å². The summed E-state index contributed by atoms with van der Waals surface area (Å²) in [6, 6.07) is 5.45. The van der Waals surface area contributed by atoms with Crippen LogP contribution in [0, 0.1) is 5.82 Å². The van der Waals surface area contributed by atoms with Crippen molar-refractivity contribution in [1.29, 1.82) is 0 Å². The van der Waals surface area contributed by atoms with E-state index in [1.807, 2.05) is 0 Å². The lowest BCUT2D eigenvalue weighted by atomic mass is 10.2. The first-order valence-corrected chi connectivity index (χ1v) is 7.58. The van der Waals surface area contributed by atoms with Gasteiger partial charge in [0, 0.05) is 12.2 Å². The Morgan fingerprint density at radius 2 is 1.94 bits per heavy atom. The van der Waals surface area contributed by atoms with Crippen LogP contribution in [-0.4, -0.2) is 15.0 Å². The maximum Gasteiger partial charge on any atom is 0.204 e. The molecule has 0 bridgehead atoms. The number of sulfone groups is 1. The molecule has 0 aromatic heterocycles. The molecule has 18 heavy (non-hydrogen) atoms. The molecule has 1 aromatic carbocycles. The predicted molar refractivity (Wildman–Crippen MR) is 68.1 cm³/mol. The van der Waals surface area contributed by atoms with Crippen LogP contribution >= 0.6 is 0 Å². The van der Waals surface area contributed by atoms with Crippen molar-refractivity contribution < 1.29 is 12.8 Å². The summed E-state index contributed by atoms with van der Waals surface area (Å²) >= 11 is 0. The van der Waals surface area contributed by atoms with Gasteiger partial charge in [-0.15, -0.1) is 0 Å². The number of hydrogen-bond donors (Lipinski definition) is 1. The van der Waals surface area contributed by atoms with E-state index in [0.717, 1.165) is 37.3 Å². The quantitative estimate of drug-likeness (QED) is 0.897. The highest BCUT2D eigenvalue weighted by molar-refractivity contribution is 7.94. The Morgan fingerprint density at radius 1 is 1.17 bits per heavy atom. The van der Waals surface area contributed by atoms with Crippen LogP contribution in [0.2, 0.25) is 0 Å². The van der Waals surface area contributed by atoms with Crippen LogP contribution in [0.4, 0.5) is 4.39 Å². The lowest BCUT2D eigenvalue weighted by Gasteiger charge is -2.07. The van der Waals surface area contributed by atoms with E-state index in [4.69, 9.17) is 0 Å². The number of halogens is 1. The Bertz CT molecular complexity index is 542. The molecule has 1 N–H and O–H groups in total. The van der Waals surface area contributed by atoms with Gasteiger partial charge in [-0.25, -0.2) is 12.8 Å². The van der Waals surface area contributed by atoms with E-state index in [9.17, 15) is 12.8 Å². The number of benzene rings is 1. The van der Waals surface area contributed by atoms with Crippen LogP contribution in [0.25, 0.3) is 0 Å². The Labute approximate surface area is 107 Å². The standard InChI is InChI=1S/C13H16FNO2S/c14-12-7-3-4-8-13(12)18(16,17)10-11-6-2-1-5-9-15-11/h3-4,7-8,10,15H,1-2,5-6,9H2/b11-10-. The zero-order valence-electron chi connectivity index (χ0n) is 10.0. The number of rotatable bonds is 2. The molecule has 5 heteroatoms. The zero-order chi connectivity index (χ0) is 13.0. The fourth-order valence-corrected chi connectivity index (χ4v) is 3.29. The van der Waals surface area contributed by atoms with E-state index in [1.54, 1.807) is 0 Å². The molecule has 0 saturated carbocycles. The molecule has 0 amide bonds. The Kier molecular flexibility index (Phi) is 4.01. The van der Waals surface area contributed by atoms with Crippen LogP contribution in [0.3, 0.4) is 0 Å². The summed E-state index contributed by atoms with van der Waals surface area (Å²) in [5.74, 6) is -0.706. The summed E-state index contributed by atoms with van der Waals surface area (Å²) in [7, 11) is -3.71. The molecule has 0 aliphatic carbocycles. The van der Waals surface area contributed by atoms with Gasteiger partial charge in [-0.05, 0) is 31.4 Å². The first kappa shape index (κ1) is 13.1. The minimum Gasteiger partial charge on any atom is -0.388 e. The Hall–Kier alpha value is -1.36. The summed E-state index contributed by atoms with van der Waals surface area (Å²) in [6.07, 6.45) is 3.79. The molecule has 0 radical (unpaired) electrons. The fraction of sp³-hybridized carbons (Fsp3) is 0.385. The van der Waals surface area contributed by atoms with Crippen molar-refractivity contribution in [2.45, 2.75) is 30.6 Å². The van der Waals surface area contributed by atoms with Crippen LogP contribution in [0.1, 0.15) is 25.7 Å². The van der Waals surface area contributed by atoms with Gasteiger partial charge in [0.2, 0.25) is 9.84 Å². The second-order valence-corrected chi connectivity index (χ2v) is 6.12. The van der Waals surface area contributed by atoms with Gasteiger partial charge in [-0.1, -0.05) is 18.6 Å². The Balaban J connectivity index is 2.31. The molecule has 1 heterocycles.